The predicted octanol–water partition coefficient (Wildman–Crippen LogP) is 4.03. The zero-order valence-electron chi connectivity index (χ0n) is 25.5. The standard InChI is InChI=1S/C31H32ClN9O6/c1-3-47-30(44)24-7-5-4-6-23(36-28(42)13-8-18-14-19(32)9-12-27(18)41-17-33-39-40-41)26-16-22(29(43)38-37-26)21-11-10-20(15-25(21)35-24)34-31(45)46-2/h8-17,23-24,35H,3-7H2,1-2H3,(H,34,45)(H,36,42)(H,38,43)/b13-8+/t23?,24-/m1/s1. The summed E-state index contributed by atoms with van der Waals surface area (Å²) in [5, 5.41) is 27.3. The maximum absolute atomic E-state index is 13.3. The second kappa shape index (κ2) is 15.1. The van der Waals surface area contributed by atoms with Crippen molar-refractivity contribution in [3.8, 4) is 16.8 Å². The van der Waals surface area contributed by atoms with Crippen molar-refractivity contribution in [3.05, 3.63) is 81.5 Å². The van der Waals surface area contributed by atoms with E-state index in [1.807, 2.05) is 0 Å². The second-order valence-electron chi connectivity index (χ2n) is 10.5. The molecule has 0 radical (unpaired) electrons. The van der Waals surface area contributed by atoms with Crippen molar-refractivity contribution in [1.29, 1.82) is 0 Å². The number of hydrogen-bond acceptors (Lipinski definition) is 11. The number of nitrogens with one attached hydrogen (secondary N) is 4. The number of anilines is 2. The molecule has 4 aromatic rings. The Hall–Kier alpha value is -5.57. The number of ether oxygens (including phenoxy) is 2. The third-order valence-electron chi connectivity index (χ3n) is 7.37. The number of methoxy groups -OCH3 is 1. The molecule has 2 atom stereocenters. The summed E-state index contributed by atoms with van der Waals surface area (Å²) in [6, 6.07) is 10.2. The molecule has 15 nitrogen and oxygen atoms in total. The van der Waals surface area contributed by atoms with Crippen LogP contribution < -0.4 is 21.5 Å². The summed E-state index contributed by atoms with van der Waals surface area (Å²) in [6.07, 6.45) is 5.80. The molecule has 0 saturated carbocycles. The van der Waals surface area contributed by atoms with Crippen LogP contribution in [0.25, 0.3) is 22.9 Å². The summed E-state index contributed by atoms with van der Waals surface area (Å²) in [6.45, 7) is 1.91. The molecule has 0 spiro atoms. The number of fused-ring (bicyclic) bond motifs is 4. The SMILES string of the molecule is CCOC(=O)[C@H]1CCCCC(NC(=O)/C=C/c2cc(Cl)ccc2-n2cnnn2)c2cc(c(=O)[nH]n2)-c2ccc(NC(=O)OC)cc2N1. The van der Waals surface area contributed by atoms with E-state index in [4.69, 9.17) is 21.1 Å². The number of aromatic nitrogens is 6. The molecule has 244 valence electrons. The molecule has 1 aliphatic rings. The molecule has 0 saturated heterocycles. The van der Waals surface area contributed by atoms with Gasteiger partial charge in [-0.2, -0.15) is 9.78 Å². The Labute approximate surface area is 273 Å². The molecule has 4 N–H and O–H groups in total. The van der Waals surface area contributed by atoms with E-state index in [9.17, 15) is 19.2 Å². The van der Waals surface area contributed by atoms with E-state index in [1.165, 1.54) is 24.2 Å². The first-order valence-electron chi connectivity index (χ1n) is 14.8. The first-order valence-corrected chi connectivity index (χ1v) is 15.2. The van der Waals surface area contributed by atoms with Gasteiger partial charge in [0, 0.05) is 33.6 Å². The van der Waals surface area contributed by atoms with Gasteiger partial charge >= 0.3 is 12.1 Å². The summed E-state index contributed by atoms with van der Waals surface area (Å²) in [4.78, 5) is 51.3. The van der Waals surface area contributed by atoms with Crippen LogP contribution in [0.1, 0.15) is 49.9 Å². The molecule has 5 rings (SSSR count). The van der Waals surface area contributed by atoms with E-state index in [0.29, 0.717) is 64.6 Å². The van der Waals surface area contributed by atoms with Crippen molar-refractivity contribution >= 4 is 47.0 Å². The minimum absolute atomic E-state index is 0.190. The van der Waals surface area contributed by atoms with Crippen molar-refractivity contribution < 1.29 is 23.9 Å². The van der Waals surface area contributed by atoms with Crippen LogP contribution in [-0.4, -0.2) is 68.1 Å². The number of amides is 2. The number of hydrogen-bond donors (Lipinski definition) is 4. The Morgan fingerprint density at radius 2 is 1.94 bits per heavy atom. The van der Waals surface area contributed by atoms with Crippen LogP contribution in [-0.2, 0) is 19.1 Å². The molecule has 2 aromatic carbocycles. The lowest BCUT2D eigenvalue weighted by Crippen LogP contribution is -2.33. The Balaban J connectivity index is 1.48. The van der Waals surface area contributed by atoms with Gasteiger partial charge < -0.3 is 20.1 Å². The number of esters is 1. The molecule has 1 unspecified atom stereocenters. The zero-order valence-corrected chi connectivity index (χ0v) is 26.3. The Bertz CT molecular complexity index is 1840. The number of rotatable bonds is 7. The summed E-state index contributed by atoms with van der Waals surface area (Å²) in [7, 11) is 1.24. The van der Waals surface area contributed by atoms with E-state index < -0.39 is 35.6 Å². The van der Waals surface area contributed by atoms with Crippen molar-refractivity contribution in [2.75, 3.05) is 24.4 Å². The van der Waals surface area contributed by atoms with E-state index in [-0.39, 0.29) is 12.2 Å². The maximum Gasteiger partial charge on any atom is 0.411 e. The lowest BCUT2D eigenvalue weighted by atomic mass is 9.97. The highest BCUT2D eigenvalue weighted by atomic mass is 35.5. The Kier molecular flexibility index (Phi) is 10.6. The molecule has 2 aromatic heterocycles. The van der Waals surface area contributed by atoms with Gasteiger partial charge in [0.25, 0.3) is 5.56 Å². The Morgan fingerprint density at radius 1 is 1.11 bits per heavy atom. The monoisotopic (exact) mass is 661 g/mol. The highest BCUT2D eigenvalue weighted by Gasteiger charge is 2.25. The van der Waals surface area contributed by atoms with E-state index in [2.05, 4.69) is 41.7 Å². The van der Waals surface area contributed by atoms with Crippen LogP contribution in [0.15, 0.2) is 59.7 Å². The average molecular weight is 662 g/mol. The van der Waals surface area contributed by atoms with Gasteiger partial charge in [0.05, 0.1) is 36.7 Å². The molecule has 3 heterocycles. The number of carbonyl (C=O) groups excluding carboxylic acids is 3. The summed E-state index contributed by atoms with van der Waals surface area (Å²) >= 11 is 6.22. The number of carbonyl (C=O) groups is 3. The number of benzene rings is 2. The molecule has 47 heavy (non-hydrogen) atoms. The van der Waals surface area contributed by atoms with Crippen LogP contribution in [0, 0.1) is 0 Å². The highest BCUT2D eigenvalue weighted by Crippen LogP contribution is 2.32. The third-order valence-corrected chi connectivity index (χ3v) is 7.61. The van der Waals surface area contributed by atoms with Crippen molar-refractivity contribution in [2.45, 2.75) is 44.7 Å². The van der Waals surface area contributed by atoms with Crippen LogP contribution in [0.2, 0.25) is 5.02 Å². The van der Waals surface area contributed by atoms with Gasteiger partial charge in [-0.25, -0.2) is 14.7 Å². The minimum Gasteiger partial charge on any atom is -0.464 e. The van der Waals surface area contributed by atoms with Crippen LogP contribution in [0.4, 0.5) is 16.2 Å². The first-order chi connectivity index (χ1) is 22.7. The van der Waals surface area contributed by atoms with Crippen molar-refractivity contribution in [3.63, 3.8) is 0 Å². The minimum atomic E-state index is -0.745. The molecule has 2 bridgehead atoms. The normalized spacial score (nSPS) is 16.1. The molecule has 0 fully saturated rings. The number of halogens is 1. The smallest absolute Gasteiger partial charge is 0.411 e. The largest absolute Gasteiger partial charge is 0.464 e. The number of tetrazole rings is 1. The second-order valence-corrected chi connectivity index (χ2v) is 10.9. The lowest BCUT2D eigenvalue weighted by Gasteiger charge is -2.23. The number of aromatic amines is 1. The fourth-order valence-corrected chi connectivity index (χ4v) is 5.32. The van der Waals surface area contributed by atoms with Crippen LogP contribution in [0.3, 0.4) is 0 Å². The zero-order chi connectivity index (χ0) is 33.3. The maximum atomic E-state index is 13.3. The summed E-state index contributed by atoms with van der Waals surface area (Å²) < 4.78 is 11.5. The first kappa shape index (κ1) is 32.8. The highest BCUT2D eigenvalue weighted by molar-refractivity contribution is 6.30. The van der Waals surface area contributed by atoms with Gasteiger partial charge in [-0.1, -0.05) is 30.5 Å². The van der Waals surface area contributed by atoms with Crippen LogP contribution in [0.5, 0.6) is 0 Å². The molecule has 2 amide bonds. The van der Waals surface area contributed by atoms with Gasteiger partial charge in [-0.05, 0) is 72.7 Å². The summed E-state index contributed by atoms with van der Waals surface area (Å²) in [5.41, 5.74) is 2.64. The van der Waals surface area contributed by atoms with Gasteiger partial charge in [-0.3, -0.25) is 14.9 Å². The fraction of sp³-hybridized carbons (Fsp3) is 0.290. The molecular formula is C31H32ClN9O6. The number of nitrogens with zero attached hydrogens (tertiary/aromatic N) is 5. The van der Waals surface area contributed by atoms with Gasteiger partial charge in [-0.15, -0.1) is 5.10 Å². The van der Waals surface area contributed by atoms with Crippen LogP contribution >= 0.6 is 11.6 Å². The predicted molar refractivity (Wildman–Crippen MR) is 173 cm³/mol. The van der Waals surface area contributed by atoms with Gasteiger partial charge in [0.2, 0.25) is 5.91 Å². The van der Waals surface area contributed by atoms with Crippen molar-refractivity contribution in [1.82, 2.24) is 35.7 Å². The van der Waals surface area contributed by atoms with Crippen molar-refractivity contribution in [2.24, 2.45) is 0 Å². The molecule has 0 aliphatic carbocycles. The van der Waals surface area contributed by atoms with E-state index in [1.54, 1.807) is 55.5 Å². The summed E-state index contributed by atoms with van der Waals surface area (Å²) in [5.74, 6) is -0.868. The van der Waals surface area contributed by atoms with E-state index in [0.717, 1.165) is 0 Å². The quantitative estimate of drug-likeness (QED) is 0.165. The topological polar surface area (TPSA) is 195 Å². The molecular weight excluding hydrogens is 630 g/mol. The van der Waals surface area contributed by atoms with Gasteiger partial charge in [0.1, 0.15) is 12.4 Å². The average Bonchev–Trinajstić information content (AvgIpc) is 3.60. The third kappa shape index (κ3) is 8.18. The van der Waals surface area contributed by atoms with E-state index >= 15 is 0 Å². The molecule has 1 aliphatic heterocycles. The molecule has 16 heteroatoms. The van der Waals surface area contributed by atoms with Gasteiger partial charge in [0.15, 0.2) is 0 Å². The number of H-pyrrole nitrogens is 1. The lowest BCUT2D eigenvalue weighted by molar-refractivity contribution is -0.144. The Morgan fingerprint density at radius 3 is 2.70 bits per heavy atom. The fourth-order valence-electron chi connectivity index (χ4n) is 5.14.